The summed E-state index contributed by atoms with van der Waals surface area (Å²) in [6.45, 7) is 3.30. The molecule has 0 aliphatic heterocycles. The van der Waals surface area contributed by atoms with Gasteiger partial charge < -0.3 is 10.1 Å². The third-order valence-electron chi connectivity index (χ3n) is 3.29. The van der Waals surface area contributed by atoms with E-state index in [0.717, 1.165) is 22.0 Å². The van der Waals surface area contributed by atoms with Crippen LogP contribution in [0.3, 0.4) is 0 Å². The van der Waals surface area contributed by atoms with Gasteiger partial charge in [0.05, 0.1) is 11.6 Å². The molecule has 1 aliphatic rings. The number of nitrogens with one attached hydrogen (secondary N) is 1. The number of ether oxygens (including phenoxy) is 1. The second kappa shape index (κ2) is 5.52. The smallest absolute Gasteiger partial charge is 0.188 e. The number of hydrogen-bond acceptors (Lipinski definition) is 3. The number of hydrogen-bond donors (Lipinski definition) is 1. The Morgan fingerprint density at radius 3 is 2.94 bits per heavy atom. The van der Waals surface area contributed by atoms with Gasteiger partial charge in [-0.15, -0.1) is 11.3 Å². The minimum atomic E-state index is 0.701. The summed E-state index contributed by atoms with van der Waals surface area (Å²) < 4.78 is 6.33. The topological polar surface area (TPSA) is 21.3 Å². The van der Waals surface area contributed by atoms with Crippen molar-refractivity contribution in [1.29, 1.82) is 0 Å². The fraction of sp³-hybridized carbons (Fsp3) is 0.667. The predicted molar refractivity (Wildman–Crippen MR) is 72.2 cm³/mol. The Labute approximate surface area is 110 Å². The van der Waals surface area contributed by atoms with Crippen LogP contribution in [0.25, 0.3) is 0 Å². The Balaban J connectivity index is 1.89. The summed E-state index contributed by atoms with van der Waals surface area (Å²) in [5, 5.41) is 4.62. The zero-order valence-electron chi connectivity index (χ0n) is 9.75. The van der Waals surface area contributed by atoms with Crippen LogP contribution in [0.15, 0.2) is 10.5 Å². The van der Waals surface area contributed by atoms with Gasteiger partial charge in [-0.2, -0.15) is 0 Å². The van der Waals surface area contributed by atoms with Crippen LogP contribution in [0, 0.1) is 5.92 Å². The Morgan fingerprint density at radius 2 is 2.38 bits per heavy atom. The molecular weight excluding hydrogens is 286 g/mol. The van der Waals surface area contributed by atoms with E-state index in [1.54, 1.807) is 18.4 Å². The van der Waals surface area contributed by atoms with Crippen molar-refractivity contribution in [2.75, 3.05) is 7.11 Å². The first-order valence-corrected chi connectivity index (χ1v) is 7.37. The van der Waals surface area contributed by atoms with Crippen molar-refractivity contribution in [3.8, 4) is 5.06 Å². The van der Waals surface area contributed by atoms with E-state index in [4.69, 9.17) is 4.74 Å². The van der Waals surface area contributed by atoms with Gasteiger partial charge >= 0.3 is 0 Å². The minimum Gasteiger partial charge on any atom is -0.486 e. The van der Waals surface area contributed by atoms with Crippen molar-refractivity contribution in [3.63, 3.8) is 0 Å². The maximum absolute atomic E-state index is 5.26. The van der Waals surface area contributed by atoms with Crippen LogP contribution in [0.5, 0.6) is 5.06 Å². The van der Waals surface area contributed by atoms with E-state index in [9.17, 15) is 0 Å². The summed E-state index contributed by atoms with van der Waals surface area (Å²) in [6.07, 6.45) is 4.07. The number of thiophene rings is 1. The second-order valence-electron chi connectivity index (χ2n) is 4.45. The molecule has 2 unspecified atom stereocenters. The zero-order valence-corrected chi connectivity index (χ0v) is 12.2. The van der Waals surface area contributed by atoms with Crippen molar-refractivity contribution in [2.24, 2.45) is 5.92 Å². The lowest BCUT2D eigenvalue weighted by molar-refractivity contribution is 0.424. The highest BCUT2D eigenvalue weighted by Gasteiger charge is 2.22. The largest absolute Gasteiger partial charge is 0.486 e. The van der Waals surface area contributed by atoms with Gasteiger partial charge in [0.1, 0.15) is 0 Å². The first-order valence-electron chi connectivity index (χ1n) is 5.76. The highest BCUT2D eigenvalue weighted by molar-refractivity contribution is 9.10. The van der Waals surface area contributed by atoms with Crippen LogP contribution in [0.2, 0.25) is 0 Å². The fourth-order valence-electron chi connectivity index (χ4n) is 2.30. The number of methoxy groups -OCH3 is 1. The van der Waals surface area contributed by atoms with Gasteiger partial charge in [0.25, 0.3) is 0 Å². The minimum absolute atomic E-state index is 0.701. The summed E-state index contributed by atoms with van der Waals surface area (Å²) in [7, 11) is 1.72. The lowest BCUT2D eigenvalue weighted by Gasteiger charge is -2.16. The summed E-state index contributed by atoms with van der Waals surface area (Å²) in [6, 6.07) is 2.85. The molecule has 1 aliphatic carbocycles. The molecule has 4 heteroatoms. The normalized spacial score (nSPS) is 24.9. The Hall–Kier alpha value is -0.0600. The summed E-state index contributed by atoms with van der Waals surface area (Å²) in [4.78, 5) is 1.34. The molecule has 0 saturated heterocycles. The molecule has 16 heavy (non-hydrogen) atoms. The van der Waals surface area contributed by atoms with Crippen molar-refractivity contribution < 1.29 is 4.74 Å². The van der Waals surface area contributed by atoms with Crippen LogP contribution in [0.4, 0.5) is 0 Å². The number of halogens is 1. The van der Waals surface area contributed by atoms with Crippen LogP contribution >= 0.6 is 27.3 Å². The van der Waals surface area contributed by atoms with Crippen molar-refractivity contribution in [2.45, 2.75) is 38.8 Å². The van der Waals surface area contributed by atoms with Crippen LogP contribution < -0.4 is 10.1 Å². The van der Waals surface area contributed by atoms with E-state index in [0.29, 0.717) is 6.04 Å². The van der Waals surface area contributed by atoms with Crippen molar-refractivity contribution in [3.05, 3.63) is 15.4 Å². The summed E-state index contributed by atoms with van der Waals surface area (Å²) >= 11 is 5.21. The van der Waals surface area contributed by atoms with Gasteiger partial charge in [0.2, 0.25) is 0 Å². The van der Waals surface area contributed by atoms with E-state index >= 15 is 0 Å². The van der Waals surface area contributed by atoms with Gasteiger partial charge in [-0.3, -0.25) is 0 Å². The molecule has 2 atom stereocenters. The molecule has 0 amide bonds. The van der Waals surface area contributed by atoms with E-state index in [1.165, 1.54) is 24.1 Å². The van der Waals surface area contributed by atoms with Gasteiger partial charge in [-0.25, -0.2) is 0 Å². The molecule has 1 N–H and O–H groups in total. The molecule has 1 aromatic rings. The van der Waals surface area contributed by atoms with Crippen LogP contribution in [0.1, 0.15) is 31.1 Å². The third kappa shape index (κ3) is 2.79. The van der Waals surface area contributed by atoms with Gasteiger partial charge in [-0.1, -0.05) is 13.3 Å². The third-order valence-corrected chi connectivity index (χ3v) is 5.24. The highest BCUT2D eigenvalue weighted by Crippen LogP contribution is 2.35. The lowest BCUT2D eigenvalue weighted by atomic mass is 10.1. The molecule has 1 aromatic heterocycles. The van der Waals surface area contributed by atoms with Crippen molar-refractivity contribution in [1.82, 2.24) is 5.32 Å². The molecular formula is C12H18BrNOS. The SMILES string of the molecule is COc1sc(CNC2CCCC2C)cc1Br. The maximum Gasteiger partial charge on any atom is 0.188 e. The standard InChI is InChI=1S/C12H18BrNOS/c1-8-4-3-5-11(8)14-7-9-6-10(13)12(15-2)16-9/h6,8,11,14H,3-5,7H2,1-2H3. The summed E-state index contributed by atoms with van der Waals surface area (Å²) in [5.74, 6) is 0.824. The van der Waals surface area contributed by atoms with E-state index in [1.807, 2.05) is 0 Å². The van der Waals surface area contributed by atoms with E-state index < -0.39 is 0 Å². The first-order chi connectivity index (χ1) is 7.70. The zero-order chi connectivity index (χ0) is 11.5. The van der Waals surface area contributed by atoms with Crippen LogP contribution in [-0.4, -0.2) is 13.2 Å². The molecule has 1 heterocycles. The highest BCUT2D eigenvalue weighted by atomic mass is 79.9. The monoisotopic (exact) mass is 303 g/mol. The van der Waals surface area contributed by atoms with Crippen molar-refractivity contribution >= 4 is 27.3 Å². The van der Waals surface area contributed by atoms with Crippen LogP contribution in [-0.2, 0) is 6.54 Å². The molecule has 0 aromatic carbocycles. The van der Waals surface area contributed by atoms with Gasteiger partial charge in [-0.05, 0) is 40.8 Å². The first kappa shape index (κ1) is 12.4. The molecule has 1 fully saturated rings. The Bertz CT molecular complexity index is 353. The molecule has 1 saturated carbocycles. The molecule has 2 rings (SSSR count). The molecule has 2 nitrogen and oxygen atoms in total. The quantitative estimate of drug-likeness (QED) is 0.913. The second-order valence-corrected chi connectivity index (χ2v) is 6.40. The van der Waals surface area contributed by atoms with Gasteiger partial charge in [0, 0.05) is 17.5 Å². The predicted octanol–water partition coefficient (Wildman–Crippen LogP) is 3.80. The fourth-order valence-corrected chi connectivity index (χ4v) is 3.95. The molecule has 0 spiro atoms. The van der Waals surface area contributed by atoms with Gasteiger partial charge in [0.15, 0.2) is 5.06 Å². The van der Waals surface area contributed by atoms with E-state index in [2.05, 4.69) is 34.2 Å². The Kier molecular flexibility index (Phi) is 4.27. The number of rotatable bonds is 4. The average Bonchev–Trinajstić information content (AvgIpc) is 2.82. The molecule has 0 radical (unpaired) electrons. The lowest BCUT2D eigenvalue weighted by Crippen LogP contribution is -2.30. The molecule has 90 valence electrons. The maximum atomic E-state index is 5.26. The average molecular weight is 304 g/mol. The summed E-state index contributed by atoms with van der Waals surface area (Å²) in [5.41, 5.74) is 0. The van der Waals surface area contributed by atoms with E-state index in [-0.39, 0.29) is 0 Å². The Morgan fingerprint density at radius 1 is 1.56 bits per heavy atom. The molecule has 0 bridgehead atoms.